The van der Waals surface area contributed by atoms with Gasteiger partial charge in [0.05, 0.1) is 9.26 Å². The highest BCUT2D eigenvalue weighted by molar-refractivity contribution is 8.21. The predicted molar refractivity (Wildman–Crippen MR) is 79.7 cm³/mol. The van der Waals surface area contributed by atoms with Gasteiger partial charge in [0.15, 0.2) is 0 Å². The van der Waals surface area contributed by atoms with Crippen LogP contribution in [0.1, 0.15) is 0 Å². The van der Waals surface area contributed by atoms with Crippen molar-refractivity contribution in [1.82, 2.24) is 0 Å². The van der Waals surface area contributed by atoms with Gasteiger partial charge in [0.25, 0.3) is 5.91 Å². The molecule has 0 heterocycles. The molecule has 0 unspecified atom stereocenters. The molecule has 100 valence electrons. The molecule has 0 bridgehead atoms. The third-order valence-electron chi connectivity index (χ3n) is 2.09. The van der Waals surface area contributed by atoms with Crippen LogP contribution >= 0.6 is 35.1 Å². The van der Waals surface area contributed by atoms with Crippen LogP contribution in [0.15, 0.2) is 28.0 Å². The molecule has 1 aromatic rings. The molecule has 1 rings (SSSR count). The van der Waals surface area contributed by atoms with Crippen molar-refractivity contribution in [2.24, 2.45) is 0 Å². The van der Waals surface area contributed by atoms with E-state index in [2.05, 4.69) is 5.32 Å². The quantitative estimate of drug-likeness (QED) is 0.676. The van der Waals surface area contributed by atoms with Crippen LogP contribution in [-0.4, -0.2) is 18.4 Å². The summed E-state index contributed by atoms with van der Waals surface area (Å²) in [5, 5.41) is 11.4. The Morgan fingerprint density at radius 3 is 2.53 bits per heavy atom. The van der Waals surface area contributed by atoms with E-state index >= 15 is 0 Å². The van der Waals surface area contributed by atoms with Crippen LogP contribution in [0.4, 0.5) is 10.1 Å². The molecule has 0 atom stereocenters. The number of anilines is 1. The van der Waals surface area contributed by atoms with E-state index in [-0.39, 0.29) is 10.6 Å². The molecule has 0 aromatic heterocycles. The lowest BCUT2D eigenvalue weighted by molar-refractivity contribution is -0.112. The fourth-order valence-electron chi connectivity index (χ4n) is 1.24. The number of benzene rings is 1. The van der Waals surface area contributed by atoms with Gasteiger partial charge in [-0.1, -0.05) is 11.6 Å². The Balaban J connectivity index is 2.99. The summed E-state index contributed by atoms with van der Waals surface area (Å²) in [4.78, 5) is 11.9. The molecular weight excluding hydrogens is 307 g/mol. The molecule has 0 radical (unpaired) electrons. The molecule has 0 spiro atoms. The lowest BCUT2D eigenvalue weighted by atomic mass is 10.2. The van der Waals surface area contributed by atoms with Gasteiger partial charge in [0, 0.05) is 5.69 Å². The summed E-state index contributed by atoms with van der Waals surface area (Å²) in [6.07, 6.45) is 3.57. The lowest BCUT2D eigenvalue weighted by Crippen LogP contribution is -2.14. The molecule has 1 amide bonds. The van der Waals surface area contributed by atoms with E-state index in [1.165, 1.54) is 35.7 Å². The second kappa shape index (κ2) is 7.43. The summed E-state index contributed by atoms with van der Waals surface area (Å²) < 4.78 is 13.6. The monoisotopic (exact) mass is 316 g/mol. The Labute approximate surface area is 124 Å². The minimum atomic E-state index is -0.565. The number of rotatable bonds is 4. The van der Waals surface area contributed by atoms with Crippen LogP contribution in [0.3, 0.4) is 0 Å². The number of nitrogens with one attached hydrogen (secondary N) is 1. The molecular formula is C12H10ClFN2OS2. The van der Waals surface area contributed by atoms with Crippen molar-refractivity contribution < 1.29 is 9.18 Å². The smallest absolute Gasteiger partial charge is 0.268 e. The summed E-state index contributed by atoms with van der Waals surface area (Å²) >= 11 is 8.26. The predicted octanol–water partition coefficient (Wildman–Crippen LogP) is 3.88. The highest BCUT2D eigenvalue weighted by atomic mass is 35.5. The van der Waals surface area contributed by atoms with E-state index in [0.717, 1.165) is 6.07 Å². The maximum atomic E-state index is 13.0. The number of amides is 1. The van der Waals surface area contributed by atoms with Gasteiger partial charge in [-0.25, -0.2) is 4.39 Å². The van der Waals surface area contributed by atoms with Crippen LogP contribution in [0.2, 0.25) is 5.02 Å². The zero-order valence-electron chi connectivity index (χ0n) is 10.2. The number of nitriles is 1. The molecule has 0 aliphatic rings. The van der Waals surface area contributed by atoms with Gasteiger partial charge in [0.1, 0.15) is 17.5 Å². The molecule has 3 nitrogen and oxygen atoms in total. The van der Waals surface area contributed by atoms with Gasteiger partial charge in [-0.2, -0.15) is 5.26 Å². The van der Waals surface area contributed by atoms with Gasteiger partial charge in [0.2, 0.25) is 0 Å². The van der Waals surface area contributed by atoms with Gasteiger partial charge >= 0.3 is 0 Å². The average molecular weight is 317 g/mol. The summed E-state index contributed by atoms with van der Waals surface area (Å²) in [7, 11) is 0. The SMILES string of the molecule is CSC(SC)=C(C#N)C(=O)Nc1ccc(F)c(Cl)c1. The van der Waals surface area contributed by atoms with Crippen LogP contribution in [0.25, 0.3) is 0 Å². The first-order valence-corrected chi connectivity index (χ1v) is 7.85. The van der Waals surface area contributed by atoms with Gasteiger partial charge in [-0.3, -0.25) is 4.79 Å². The van der Waals surface area contributed by atoms with Crippen LogP contribution < -0.4 is 5.32 Å². The number of carbonyl (C=O) groups is 1. The minimum absolute atomic E-state index is 0.0282. The van der Waals surface area contributed by atoms with E-state index in [1.807, 2.05) is 6.07 Å². The normalized spacial score (nSPS) is 9.63. The van der Waals surface area contributed by atoms with E-state index in [4.69, 9.17) is 16.9 Å². The third kappa shape index (κ3) is 4.16. The molecule has 0 fully saturated rings. The number of hydrogen-bond donors (Lipinski definition) is 1. The van der Waals surface area contributed by atoms with Crippen molar-refractivity contribution in [2.75, 3.05) is 17.8 Å². The maximum Gasteiger partial charge on any atom is 0.268 e. The molecule has 0 aliphatic carbocycles. The third-order valence-corrected chi connectivity index (χ3v) is 4.53. The number of halogens is 2. The van der Waals surface area contributed by atoms with Crippen molar-refractivity contribution >= 4 is 46.7 Å². The highest BCUT2D eigenvalue weighted by Crippen LogP contribution is 2.28. The Morgan fingerprint density at radius 2 is 2.05 bits per heavy atom. The summed E-state index contributed by atoms with van der Waals surface area (Å²) in [6.45, 7) is 0. The lowest BCUT2D eigenvalue weighted by Gasteiger charge is -2.07. The fourth-order valence-corrected chi connectivity index (χ4v) is 2.78. The Hall–Kier alpha value is -1.16. The van der Waals surface area contributed by atoms with Crippen molar-refractivity contribution in [3.8, 4) is 6.07 Å². The topological polar surface area (TPSA) is 52.9 Å². The van der Waals surface area contributed by atoms with E-state index in [9.17, 15) is 9.18 Å². The largest absolute Gasteiger partial charge is 0.321 e. The molecule has 7 heteroatoms. The number of nitrogens with zero attached hydrogens (tertiary/aromatic N) is 1. The van der Waals surface area contributed by atoms with Crippen LogP contribution in [-0.2, 0) is 4.79 Å². The number of hydrogen-bond acceptors (Lipinski definition) is 4. The van der Waals surface area contributed by atoms with Gasteiger partial charge in [-0.05, 0) is 30.7 Å². The van der Waals surface area contributed by atoms with E-state index < -0.39 is 11.7 Å². The Morgan fingerprint density at radius 1 is 1.42 bits per heavy atom. The molecule has 19 heavy (non-hydrogen) atoms. The highest BCUT2D eigenvalue weighted by Gasteiger charge is 2.15. The van der Waals surface area contributed by atoms with Crippen LogP contribution in [0.5, 0.6) is 0 Å². The van der Waals surface area contributed by atoms with Gasteiger partial charge in [-0.15, -0.1) is 23.5 Å². The summed E-state index contributed by atoms with van der Waals surface area (Å²) in [5.74, 6) is -1.10. The zero-order chi connectivity index (χ0) is 14.4. The maximum absolute atomic E-state index is 13.0. The first kappa shape index (κ1) is 15.9. The fraction of sp³-hybridized carbons (Fsp3) is 0.167. The zero-order valence-corrected chi connectivity index (χ0v) is 12.5. The first-order chi connectivity index (χ1) is 9.03. The standard InChI is InChI=1S/C12H10ClFN2OS2/c1-18-12(19-2)8(6-15)11(17)16-7-3-4-10(14)9(13)5-7/h3-5H,1-2H3,(H,16,17). The molecule has 0 aliphatic heterocycles. The molecule has 1 N–H and O–H groups in total. The Kier molecular flexibility index (Phi) is 6.22. The number of thioether (sulfide) groups is 2. The average Bonchev–Trinajstić information content (AvgIpc) is 2.39. The van der Waals surface area contributed by atoms with Crippen molar-refractivity contribution in [3.05, 3.63) is 38.8 Å². The van der Waals surface area contributed by atoms with Crippen LogP contribution in [0, 0.1) is 17.1 Å². The molecule has 0 saturated heterocycles. The van der Waals surface area contributed by atoms with E-state index in [1.54, 1.807) is 12.5 Å². The van der Waals surface area contributed by atoms with Crippen molar-refractivity contribution in [3.63, 3.8) is 0 Å². The van der Waals surface area contributed by atoms with E-state index in [0.29, 0.717) is 9.92 Å². The first-order valence-electron chi connectivity index (χ1n) is 5.02. The minimum Gasteiger partial charge on any atom is -0.321 e. The second-order valence-corrected chi connectivity index (χ2v) is 5.56. The molecule has 1 aromatic carbocycles. The summed E-state index contributed by atoms with van der Waals surface area (Å²) in [5.41, 5.74) is 0.367. The Bertz CT molecular complexity index is 563. The van der Waals surface area contributed by atoms with Gasteiger partial charge < -0.3 is 5.32 Å². The summed E-state index contributed by atoms with van der Waals surface area (Å²) in [6, 6.07) is 5.69. The second-order valence-electron chi connectivity index (χ2n) is 3.27. The molecule has 0 saturated carbocycles. The number of carbonyl (C=O) groups excluding carboxylic acids is 1. The van der Waals surface area contributed by atoms with Crippen molar-refractivity contribution in [1.29, 1.82) is 5.26 Å². The van der Waals surface area contributed by atoms with Crippen molar-refractivity contribution in [2.45, 2.75) is 0 Å².